The first kappa shape index (κ1) is 26.4. The molecule has 0 saturated heterocycles. The highest BCUT2D eigenvalue weighted by Gasteiger charge is 2.75. The Morgan fingerprint density at radius 1 is 0.413 bits per heavy atom. The van der Waals surface area contributed by atoms with E-state index in [-0.39, 0.29) is 10.8 Å². The highest BCUT2D eigenvalue weighted by atomic mass is 15.3. The van der Waals surface area contributed by atoms with E-state index in [1.54, 1.807) is 0 Å². The van der Waals surface area contributed by atoms with Gasteiger partial charge in [-0.05, 0) is 80.6 Å². The molecule has 0 saturated carbocycles. The third-order valence-corrected chi connectivity index (χ3v) is 11.4. The molecule has 0 amide bonds. The number of nitrogens with zero attached hydrogens (tertiary/aromatic N) is 2. The van der Waals surface area contributed by atoms with Gasteiger partial charge in [0.2, 0.25) is 22.8 Å². The van der Waals surface area contributed by atoms with Gasteiger partial charge in [0, 0.05) is 24.3 Å². The van der Waals surface area contributed by atoms with Gasteiger partial charge in [0.15, 0.2) is 5.41 Å². The fourth-order valence-electron chi connectivity index (χ4n) is 9.41. The van der Waals surface area contributed by atoms with Gasteiger partial charge < -0.3 is 0 Å². The summed E-state index contributed by atoms with van der Waals surface area (Å²) in [5.74, 6) is 0. The van der Waals surface area contributed by atoms with E-state index in [0.29, 0.717) is 0 Å². The van der Waals surface area contributed by atoms with Gasteiger partial charge in [-0.3, -0.25) is 0 Å². The standard InChI is InChI=1S/C44H38N2/c1-41(2,3)27-21-23-31-35(25-27)44-36-26-28(42(4,5)6)22-24-32(36)38-18-12-20-40(46(38)44)43(39-19-11-17-37(31)45(39)44)33-15-9-7-13-29(33)30-14-8-10-16-34(30)43/h7-26H,1-6H3/q+2. The Hall–Kier alpha value is -4.82. The average Bonchev–Trinajstić information content (AvgIpc) is 3.63. The van der Waals surface area contributed by atoms with E-state index in [0.717, 1.165) is 0 Å². The molecule has 0 atom stereocenters. The van der Waals surface area contributed by atoms with Crippen LogP contribution in [0.15, 0.2) is 121 Å². The lowest BCUT2D eigenvalue weighted by Crippen LogP contribution is -2.79. The third-order valence-electron chi connectivity index (χ3n) is 11.4. The molecule has 0 bridgehead atoms. The van der Waals surface area contributed by atoms with Crippen molar-refractivity contribution in [1.82, 2.24) is 0 Å². The summed E-state index contributed by atoms with van der Waals surface area (Å²) in [6.07, 6.45) is 0. The number of pyridine rings is 2. The minimum atomic E-state index is -0.539. The Balaban J connectivity index is 1.46. The Labute approximate surface area is 271 Å². The molecular formula is C44H38N2+2. The quantitative estimate of drug-likeness (QED) is 0.155. The van der Waals surface area contributed by atoms with E-state index in [1.807, 2.05) is 0 Å². The molecule has 222 valence electrons. The second-order valence-electron chi connectivity index (χ2n) is 15.8. The summed E-state index contributed by atoms with van der Waals surface area (Å²) in [6.45, 7) is 14.0. The van der Waals surface area contributed by atoms with Crippen molar-refractivity contribution in [1.29, 1.82) is 0 Å². The molecule has 5 heterocycles. The molecule has 46 heavy (non-hydrogen) atoms. The second kappa shape index (κ2) is 8.12. The van der Waals surface area contributed by atoms with Gasteiger partial charge in [-0.2, -0.15) is 0 Å². The van der Waals surface area contributed by atoms with Gasteiger partial charge >= 0.3 is 5.66 Å². The maximum absolute atomic E-state index is 2.75. The molecule has 10 rings (SSSR count). The molecule has 2 nitrogen and oxygen atoms in total. The monoisotopic (exact) mass is 594 g/mol. The summed E-state index contributed by atoms with van der Waals surface area (Å²) in [5, 5.41) is 0. The van der Waals surface area contributed by atoms with Crippen molar-refractivity contribution in [2.24, 2.45) is 0 Å². The summed E-state index contributed by atoms with van der Waals surface area (Å²) in [4.78, 5) is 0. The van der Waals surface area contributed by atoms with E-state index in [1.165, 1.54) is 78.4 Å². The molecule has 6 aromatic rings. The highest BCUT2D eigenvalue weighted by molar-refractivity contribution is 5.86. The van der Waals surface area contributed by atoms with Crippen LogP contribution in [-0.4, -0.2) is 0 Å². The zero-order valence-corrected chi connectivity index (χ0v) is 27.4. The molecule has 0 unspecified atom stereocenters. The predicted molar refractivity (Wildman–Crippen MR) is 184 cm³/mol. The number of fused-ring (bicyclic) bond motifs is 11. The second-order valence-corrected chi connectivity index (χ2v) is 15.8. The molecule has 2 heteroatoms. The van der Waals surface area contributed by atoms with Crippen LogP contribution in [0.1, 0.15) is 86.3 Å². The predicted octanol–water partition coefficient (Wildman–Crippen LogP) is 8.79. The molecule has 4 aromatic carbocycles. The van der Waals surface area contributed by atoms with Gasteiger partial charge in [0.1, 0.15) is 11.1 Å². The van der Waals surface area contributed by atoms with Crippen LogP contribution < -0.4 is 9.13 Å². The summed E-state index contributed by atoms with van der Waals surface area (Å²) in [7, 11) is 0. The molecule has 3 aliphatic heterocycles. The Morgan fingerprint density at radius 2 is 0.848 bits per heavy atom. The van der Waals surface area contributed by atoms with Crippen LogP contribution in [0.5, 0.6) is 0 Å². The average molecular weight is 595 g/mol. The first-order valence-corrected chi connectivity index (χ1v) is 16.7. The summed E-state index contributed by atoms with van der Waals surface area (Å²) >= 11 is 0. The molecule has 2 aromatic heterocycles. The van der Waals surface area contributed by atoms with E-state index >= 15 is 0 Å². The topological polar surface area (TPSA) is 7.76 Å². The van der Waals surface area contributed by atoms with E-state index in [9.17, 15) is 0 Å². The fraction of sp³-hybridized carbons (Fsp3) is 0.227. The number of rotatable bonds is 0. The normalized spacial score (nSPS) is 16.4. The number of aromatic nitrogens is 2. The zero-order chi connectivity index (χ0) is 31.4. The van der Waals surface area contributed by atoms with Gasteiger partial charge in [-0.15, -0.1) is 9.13 Å². The molecule has 0 fully saturated rings. The lowest BCUT2D eigenvalue weighted by molar-refractivity contribution is -0.971. The molecule has 2 spiro atoms. The van der Waals surface area contributed by atoms with Crippen LogP contribution in [-0.2, 0) is 21.9 Å². The highest BCUT2D eigenvalue weighted by Crippen LogP contribution is 2.60. The van der Waals surface area contributed by atoms with Crippen molar-refractivity contribution in [3.05, 3.63) is 166 Å². The number of hydrogen-bond donors (Lipinski definition) is 0. The molecule has 0 N–H and O–H groups in total. The third kappa shape index (κ3) is 2.79. The van der Waals surface area contributed by atoms with E-state index < -0.39 is 11.1 Å². The van der Waals surface area contributed by atoms with Crippen molar-refractivity contribution in [3.8, 4) is 33.6 Å². The smallest absolute Gasteiger partial charge is 0.121 e. The van der Waals surface area contributed by atoms with Crippen LogP contribution in [0.4, 0.5) is 0 Å². The first-order valence-electron chi connectivity index (χ1n) is 16.7. The summed E-state index contributed by atoms with van der Waals surface area (Å²) in [5.41, 5.74) is 17.8. The van der Waals surface area contributed by atoms with Crippen molar-refractivity contribution in [2.75, 3.05) is 0 Å². The van der Waals surface area contributed by atoms with Crippen molar-refractivity contribution < 1.29 is 9.13 Å². The molecule has 4 aliphatic rings. The van der Waals surface area contributed by atoms with Crippen LogP contribution in [0.25, 0.3) is 33.6 Å². The molecular weight excluding hydrogens is 556 g/mol. The van der Waals surface area contributed by atoms with Gasteiger partial charge in [-0.25, -0.2) is 0 Å². The lowest BCUT2D eigenvalue weighted by atomic mass is 9.69. The maximum Gasteiger partial charge on any atom is 0.418 e. The zero-order valence-electron chi connectivity index (χ0n) is 27.4. The van der Waals surface area contributed by atoms with Crippen molar-refractivity contribution >= 4 is 0 Å². The number of benzene rings is 4. The fourth-order valence-corrected chi connectivity index (χ4v) is 9.41. The SMILES string of the molecule is CC(C)(C)c1ccc2c(c1)C13c4cc(C(C)(C)C)ccc4-c4cccc([n+]41)C1(c4ccccc4-c4ccccc41)c1cccc-2[n+]13. The Morgan fingerprint density at radius 3 is 1.28 bits per heavy atom. The lowest BCUT2D eigenvalue weighted by Gasteiger charge is -2.36. The maximum atomic E-state index is 2.75. The van der Waals surface area contributed by atoms with Gasteiger partial charge in [0.25, 0.3) is 0 Å². The molecule has 1 aliphatic carbocycles. The van der Waals surface area contributed by atoms with Crippen LogP contribution in [0.2, 0.25) is 0 Å². The minimum Gasteiger partial charge on any atom is -0.121 e. The minimum absolute atomic E-state index is 0.0227. The van der Waals surface area contributed by atoms with Crippen molar-refractivity contribution in [2.45, 2.75) is 63.5 Å². The molecule has 0 radical (unpaired) electrons. The van der Waals surface area contributed by atoms with E-state index in [2.05, 4.69) is 172 Å². The summed E-state index contributed by atoms with van der Waals surface area (Å²) < 4.78 is 5.50. The Bertz CT molecular complexity index is 2180. The van der Waals surface area contributed by atoms with Crippen molar-refractivity contribution in [3.63, 3.8) is 0 Å². The van der Waals surface area contributed by atoms with Gasteiger partial charge in [0.05, 0.1) is 11.1 Å². The largest absolute Gasteiger partial charge is 0.418 e. The van der Waals surface area contributed by atoms with E-state index in [4.69, 9.17) is 0 Å². The summed E-state index contributed by atoms with van der Waals surface area (Å²) in [6, 6.07) is 47.0. The van der Waals surface area contributed by atoms with Crippen LogP contribution in [0, 0.1) is 0 Å². The van der Waals surface area contributed by atoms with Crippen LogP contribution in [0.3, 0.4) is 0 Å². The van der Waals surface area contributed by atoms with Crippen LogP contribution >= 0.6 is 0 Å². The first-order chi connectivity index (χ1) is 22.1. The van der Waals surface area contributed by atoms with Gasteiger partial charge in [-0.1, -0.05) is 102 Å². The Kier molecular flexibility index (Phi) is 4.66. The number of hydrogen-bond acceptors (Lipinski definition) is 0.